The molecule has 1 aliphatic rings. The van der Waals surface area contributed by atoms with Crippen LogP contribution < -0.4 is 5.32 Å². The Morgan fingerprint density at radius 2 is 2.16 bits per heavy atom. The van der Waals surface area contributed by atoms with E-state index in [1.54, 1.807) is 0 Å². The first kappa shape index (κ1) is 14.8. The predicted molar refractivity (Wildman–Crippen MR) is 89.4 cm³/mol. The Labute approximate surface area is 128 Å². The summed E-state index contributed by atoms with van der Waals surface area (Å²) in [7, 11) is 1.90. The van der Waals surface area contributed by atoms with E-state index < -0.39 is 6.17 Å². The number of rotatable bonds is 3. The van der Waals surface area contributed by atoms with Gasteiger partial charge in [0.1, 0.15) is 6.17 Å². The quantitative estimate of drug-likeness (QED) is 0.717. The van der Waals surface area contributed by atoms with E-state index >= 15 is 0 Å². The molecule has 0 saturated heterocycles. The van der Waals surface area contributed by atoms with Crippen LogP contribution in [0.4, 0.5) is 10.1 Å². The highest BCUT2D eigenvalue weighted by Gasteiger charge is 2.33. The second-order valence-electron chi connectivity index (χ2n) is 5.34. The van der Waals surface area contributed by atoms with Crippen molar-refractivity contribution in [2.24, 2.45) is 5.92 Å². The lowest BCUT2D eigenvalue weighted by atomic mass is 9.77. The summed E-state index contributed by atoms with van der Waals surface area (Å²) in [5.74, 6) is 0.214. The summed E-state index contributed by atoms with van der Waals surface area (Å²) < 4.78 is 15.6. The molecule has 1 nitrogen and oxygen atoms in total. The molecule has 0 radical (unpaired) electrons. The van der Waals surface area contributed by atoms with Gasteiger partial charge in [-0.3, -0.25) is 0 Å². The second-order valence-corrected chi connectivity index (χ2v) is 6.42. The van der Waals surface area contributed by atoms with Crippen molar-refractivity contribution in [2.75, 3.05) is 12.4 Å². The zero-order valence-electron chi connectivity index (χ0n) is 11.5. The Hall–Kier alpha value is -0.580. The van der Waals surface area contributed by atoms with Crippen molar-refractivity contribution >= 4 is 34.4 Å². The average Bonchev–Trinajstić information content (AvgIpc) is 2.42. The molecule has 1 saturated carbocycles. The van der Waals surface area contributed by atoms with Gasteiger partial charge in [-0.05, 0) is 53.0 Å². The largest absolute Gasteiger partial charge is 0.388 e. The van der Waals surface area contributed by atoms with E-state index in [0.29, 0.717) is 0 Å². The van der Waals surface area contributed by atoms with Crippen molar-refractivity contribution < 1.29 is 4.39 Å². The normalized spacial score (nSPS) is 27.1. The Bertz CT molecular complexity index is 472. The van der Waals surface area contributed by atoms with Crippen molar-refractivity contribution in [2.45, 2.75) is 38.3 Å². The first-order valence-corrected chi connectivity index (χ1v) is 7.94. The number of anilines is 1. The third kappa shape index (κ3) is 2.81. The molecule has 19 heavy (non-hydrogen) atoms. The van der Waals surface area contributed by atoms with Crippen LogP contribution in [0.15, 0.2) is 18.7 Å². The Morgan fingerprint density at radius 3 is 2.79 bits per heavy atom. The van der Waals surface area contributed by atoms with Gasteiger partial charge in [-0.15, -0.1) is 0 Å². The van der Waals surface area contributed by atoms with Gasteiger partial charge in [-0.25, -0.2) is 4.39 Å². The van der Waals surface area contributed by atoms with E-state index in [1.807, 2.05) is 26.1 Å². The van der Waals surface area contributed by atoms with Gasteiger partial charge in [-0.1, -0.05) is 32.1 Å². The molecule has 2 unspecified atom stereocenters. The molecule has 1 fully saturated rings. The Kier molecular flexibility index (Phi) is 4.87. The molecule has 104 valence electrons. The first-order valence-electron chi connectivity index (χ1n) is 6.86. The van der Waals surface area contributed by atoms with Crippen LogP contribution in [0.25, 0.3) is 6.08 Å². The van der Waals surface area contributed by atoms with E-state index in [1.165, 1.54) is 0 Å². The summed E-state index contributed by atoms with van der Waals surface area (Å²) in [6.07, 6.45) is 4.23. The summed E-state index contributed by atoms with van der Waals surface area (Å²) >= 11 is 2.33. The summed E-state index contributed by atoms with van der Waals surface area (Å²) in [6.45, 7) is 5.91. The van der Waals surface area contributed by atoms with E-state index in [4.69, 9.17) is 0 Å². The van der Waals surface area contributed by atoms with Crippen molar-refractivity contribution in [3.8, 4) is 0 Å². The van der Waals surface area contributed by atoms with Crippen LogP contribution in [0.1, 0.15) is 43.2 Å². The van der Waals surface area contributed by atoms with Gasteiger partial charge in [0, 0.05) is 27.8 Å². The molecule has 3 atom stereocenters. The van der Waals surface area contributed by atoms with Crippen LogP contribution in [0.5, 0.6) is 0 Å². The summed E-state index contributed by atoms with van der Waals surface area (Å²) in [5.41, 5.74) is 3.29. The number of alkyl halides is 1. The maximum Gasteiger partial charge on any atom is 0.109 e. The highest BCUT2D eigenvalue weighted by atomic mass is 127. The zero-order valence-corrected chi connectivity index (χ0v) is 13.7. The molecular formula is C16H21FIN. The van der Waals surface area contributed by atoms with Crippen LogP contribution in [0.3, 0.4) is 0 Å². The maximum atomic E-state index is 14.5. The second kappa shape index (κ2) is 6.25. The van der Waals surface area contributed by atoms with E-state index in [9.17, 15) is 4.39 Å². The standard InChI is InChI=1S/C16H21FIN/c1-4-11-14(19-3)9-8-13(16(11)18)12-7-5-6-10(2)15(12)17/h4,8-10,12,15,19H,1,5-7H2,2-3H3/t10?,12-,15?/m1/s1. The molecular weight excluding hydrogens is 352 g/mol. The third-order valence-corrected chi connectivity index (χ3v) is 5.39. The lowest BCUT2D eigenvalue weighted by Gasteiger charge is -2.32. The average molecular weight is 373 g/mol. The number of hydrogen-bond donors (Lipinski definition) is 1. The van der Waals surface area contributed by atoms with E-state index in [0.717, 1.165) is 39.6 Å². The smallest absolute Gasteiger partial charge is 0.109 e. The lowest BCUT2D eigenvalue weighted by molar-refractivity contribution is 0.150. The van der Waals surface area contributed by atoms with E-state index in [2.05, 4.69) is 40.6 Å². The summed E-state index contributed by atoms with van der Waals surface area (Å²) in [4.78, 5) is 0. The predicted octanol–water partition coefficient (Wildman–Crippen LogP) is 5.22. The Morgan fingerprint density at radius 1 is 1.42 bits per heavy atom. The van der Waals surface area contributed by atoms with Crippen molar-refractivity contribution in [1.29, 1.82) is 0 Å². The molecule has 0 heterocycles. The first-order chi connectivity index (χ1) is 9.10. The van der Waals surface area contributed by atoms with Crippen LogP contribution >= 0.6 is 22.6 Å². The molecule has 0 aromatic heterocycles. The highest BCUT2D eigenvalue weighted by molar-refractivity contribution is 14.1. The van der Waals surface area contributed by atoms with Gasteiger partial charge >= 0.3 is 0 Å². The summed E-state index contributed by atoms with van der Waals surface area (Å²) in [6, 6.07) is 4.12. The molecule has 0 spiro atoms. The minimum atomic E-state index is -0.722. The number of halogens is 2. The van der Waals surface area contributed by atoms with E-state index in [-0.39, 0.29) is 11.8 Å². The zero-order chi connectivity index (χ0) is 14.0. The molecule has 2 rings (SSSR count). The minimum absolute atomic E-state index is 0.0419. The minimum Gasteiger partial charge on any atom is -0.388 e. The molecule has 1 aliphatic carbocycles. The van der Waals surface area contributed by atoms with Gasteiger partial charge in [0.2, 0.25) is 0 Å². The van der Waals surface area contributed by atoms with Gasteiger partial charge in [0.15, 0.2) is 0 Å². The molecule has 3 heteroatoms. The molecule has 1 aromatic rings. The summed E-state index contributed by atoms with van der Waals surface area (Å²) in [5, 5.41) is 3.17. The van der Waals surface area contributed by atoms with Crippen LogP contribution in [0, 0.1) is 9.49 Å². The lowest BCUT2D eigenvalue weighted by Crippen LogP contribution is -2.27. The molecule has 0 bridgehead atoms. The SMILES string of the molecule is C=Cc1c(NC)ccc([C@H]2CCCC(C)C2F)c1I. The number of nitrogens with one attached hydrogen (secondary N) is 1. The monoisotopic (exact) mass is 373 g/mol. The maximum absolute atomic E-state index is 14.5. The number of hydrogen-bond acceptors (Lipinski definition) is 1. The third-order valence-electron chi connectivity index (χ3n) is 4.19. The fourth-order valence-electron chi connectivity index (χ4n) is 3.02. The van der Waals surface area contributed by atoms with Crippen molar-refractivity contribution in [3.05, 3.63) is 33.4 Å². The molecule has 0 aliphatic heterocycles. The fourth-order valence-corrected chi connectivity index (χ4v) is 4.11. The number of benzene rings is 1. The van der Waals surface area contributed by atoms with Gasteiger partial charge in [0.05, 0.1) is 0 Å². The molecule has 0 amide bonds. The highest BCUT2D eigenvalue weighted by Crippen LogP contribution is 2.41. The van der Waals surface area contributed by atoms with Crippen molar-refractivity contribution in [3.63, 3.8) is 0 Å². The van der Waals surface area contributed by atoms with Gasteiger partial charge in [-0.2, -0.15) is 0 Å². The van der Waals surface area contributed by atoms with Crippen LogP contribution in [-0.4, -0.2) is 13.2 Å². The van der Waals surface area contributed by atoms with Gasteiger partial charge < -0.3 is 5.32 Å². The fraction of sp³-hybridized carbons (Fsp3) is 0.500. The molecule has 1 aromatic carbocycles. The molecule has 1 N–H and O–H groups in total. The van der Waals surface area contributed by atoms with Crippen LogP contribution in [-0.2, 0) is 0 Å². The van der Waals surface area contributed by atoms with Crippen molar-refractivity contribution in [1.82, 2.24) is 0 Å². The van der Waals surface area contributed by atoms with Gasteiger partial charge in [0.25, 0.3) is 0 Å². The Balaban J connectivity index is 2.42. The van der Waals surface area contributed by atoms with Crippen LogP contribution in [0.2, 0.25) is 0 Å². The topological polar surface area (TPSA) is 12.0 Å².